The normalized spacial score (nSPS) is 17.7. The SMILES string of the molecule is O=C(c1ccccc1F)N1CCN(C(=O)C2CCN(c3nc4ccccc4o3)CC2)CC1. The number of carbonyl (C=O) groups excluding carboxylic acids is 2. The maximum absolute atomic E-state index is 13.9. The van der Waals surface area contributed by atoms with Crippen molar-refractivity contribution in [1.82, 2.24) is 14.8 Å². The summed E-state index contributed by atoms with van der Waals surface area (Å²) >= 11 is 0. The Kier molecular flexibility index (Phi) is 5.51. The van der Waals surface area contributed by atoms with Crippen molar-refractivity contribution >= 4 is 28.9 Å². The number of fused-ring (bicyclic) bond motifs is 1. The molecule has 1 aromatic heterocycles. The van der Waals surface area contributed by atoms with Gasteiger partial charge < -0.3 is 19.1 Å². The van der Waals surface area contributed by atoms with Gasteiger partial charge in [-0.25, -0.2) is 4.39 Å². The van der Waals surface area contributed by atoms with E-state index in [1.165, 1.54) is 12.1 Å². The van der Waals surface area contributed by atoms with Gasteiger partial charge in [0.05, 0.1) is 5.56 Å². The lowest BCUT2D eigenvalue weighted by Crippen LogP contribution is -2.53. The van der Waals surface area contributed by atoms with E-state index in [4.69, 9.17) is 4.42 Å². The number of aromatic nitrogens is 1. The van der Waals surface area contributed by atoms with Gasteiger partial charge in [0, 0.05) is 45.2 Å². The van der Waals surface area contributed by atoms with Crippen LogP contribution < -0.4 is 4.90 Å². The fraction of sp³-hybridized carbons (Fsp3) is 0.375. The third-order valence-corrected chi connectivity index (χ3v) is 6.38. The first-order valence-corrected chi connectivity index (χ1v) is 11.0. The van der Waals surface area contributed by atoms with Crippen LogP contribution in [0.3, 0.4) is 0 Å². The van der Waals surface area contributed by atoms with E-state index in [0.717, 1.165) is 37.0 Å². The Balaban J connectivity index is 1.14. The summed E-state index contributed by atoms with van der Waals surface area (Å²) in [5.41, 5.74) is 1.69. The summed E-state index contributed by atoms with van der Waals surface area (Å²) in [5, 5.41) is 0. The standard InChI is InChI=1S/C24H25FN4O3/c25-19-6-2-1-5-18(19)23(31)28-15-13-27(14-16-28)22(30)17-9-11-29(12-10-17)24-26-20-7-3-4-8-21(20)32-24/h1-8,17H,9-16H2. The molecule has 5 rings (SSSR count). The average molecular weight is 436 g/mol. The van der Waals surface area contributed by atoms with Gasteiger partial charge in [-0.3, -0.25) is 9.59 Å². The van der Waals surface area contributed by atoms with E-state index in [1.54, 1.807) is 17.0 Å². The number of hydrogen-bond donors (Lipinski definition) is 0. The maximum Gasteiger partial charge on any atom is 0.298 e. The highest BCUT2D eigenvalue weighted by Gasteiger charge is 2.32. The van der Waals surface area contributed by atoms with Crippen molar-refractivity contribution in [2.45, 2.75) is 12.8 Å². The van der Waals surface area contributed by atoms with E-state index in [0.29, 0.717) is 32.2 Å². The number of piperidine rings is 1. The molecule has 0 radical (unpaired) electrons. The lowest BCUT2D eigenvalue weighted by molar-refractivity contribution is -0.137. The topological polar surface area (TPSA) is 69.9 Å². The first-order valence-electron chi connectivity index (χ1n) is 11.0. The molecule has 2 fully saturated rings. The molecule has 8 heteroatoms. The molecule has 7 nitrogen and oxygen atoms in total. The van der Waals surface area contributed by atoms with Crippen LogP contribution >= 0.6 is 0 Å². The molecule has 0 spiro atoms. The molecular weight excluding hydrogens is 411 g/mol. The number of para-hydroxylation sites is 2. The molecule has 0 saturated carbocycles. The number of piperazine rings is 1. The van der Waals surface area contributed by atoms with Crippen LogP contribution in [-0.2, 0) is 4.79 Å². The number of nitrogens with zero attached hydrogens (tertiary/aromatic N) is 4. The van der Waals surface area contributed by atoms with E-state index in [1.807, 2.05) is 29.2 Å². The quantitative estimate of drug-likeness (QED) is 0.631. The van der Waals surface area contributed by atoms with E-state index >= 15 is 0 Å². The smallest absolute Gasteiger partial charge is 0.298 e. The third kappa shape index (κ3) is 3.92. The number of benzene rings is 2. The Morgan fingerprint density at radius 1 is 0.875 bits per heavy atom. The van der Waals surface area contributed by atoms with Gasteiger partial charge in [0.1, 0.15) is 11.3 Å². The molecule has 32 heavy (non-hydrogen) atoms. The van der Waals surface area contributed by atoms with Gasteiger partial charge in [0.25, 0.3) is 11.9 Å². The fourth-order valence-corrected chi connectivity index (χ4v) is 4.51. The minimum atomic E-state index is -0.512. The monoisotopic (exact) mass is 436 g/mol. The van der Waals surface area contributed by atoms with Crippen LogP contribution in [0.25, 0.3) is 11.1 Å². The van der Waals surface area contributed by atoms with Gasteiger partial charge in [-0.15, -0.1) is 0 Å². The van der Waals surface area contributed by atoms with Gasteiger partial charge in [-0.05, 0) is 37.1 Å². The Bertz CT molecular complexity index is 1100. The summed E-state index contributed by atoms with van der Waals surface area (Å²) in [7, 11) is 0. The number of oxazole rings is 1. The Labute approximate surface area is 185 Å². The molecule has 2 amide bonds. The second-order valence-corrected chi connectivity index (χ2v) is 8.32. The Morgan fingerprint density at radius 2 is 1.53 bits per heavy atom. The lowest BCUT2D eigenvalue weighted by Gasteiger charge is -2.38. The molecule has 0 unspecified atom stereocenters. The molecule has 0 atom stereocenters. The van der Waals surface area contributed by atoms with Gasteiger partial charge in [0.2, 0.25) is 5.91 Å². The number of carbonyl (C=O) groups is 2. The Hall–Kier alpha value is -3.42. The summed E-state index contributed by atoms with van der Waals surface area (Å²) in [6.45, 7) is 3.22. The van der Waals surface area contributed by atoms with Crippen LogP contribution in [0.4, 0.5) is 10.4 Å². The Morgan fingerprint density at radius 3 is 2.25 bits per heavy atom. The minimum Gasteiger partial charge on any atom is -0.423 e. The fourth-order valence-electron chi connectivity index (χ4n) is 4.51. The molecule has 2 aliphatic heterocycles. The van der Waals surface area contributed by atoms with Crippen molar-refractivity contribution in [1.29, 1.82) is 0 Å². The molecule has 3 aromatic rings. The maximum atomic E-state index is 13.9. The summed E-state index contributed by atoms with van der Waals surface area (Å²) in [4.78, 5) is 35.7. The molecule has 0 N–H and O–H groups in total. The number of anilines is 1. The number of rotatable bonds is 3. The van der Waals surface area contributed by atoms with Crippen LogP contribution in [0.15, 0.2) is 52.9 Å². The number of halogens is 1. The van der Waals surface area contributed by atoms with Crippen LogP contribution in [-0.4, -0.2) is 65.9 Å². The van der Waals surface area contributed by atoms with Gasteiger partial charge in [-0.1, -0.05) is 24.3 Å². The first-order chi connectivity index (χ1) is 15.6. The summed E-state index contributed by atoms with van der Waals surface area (Å²) < 4.78 is 19.8. The third-order valence-electron chi connectivity index (χ3n) is 6.38. The van der Waals surface area contributed by atoms with E-state index < -0.39 is 5.82 Å². The molecule has 0 aliphatic carbocycles. The van der Waals surface area contributed by atoms with Crippen molar-refractivity contribution in [3.8, 4) is 0 Å². The van der Waals surface area contributed by atoms with Crippen molar-refractivity contribution < 1.29 is 18.4 Å². The van der Waals surface area contributed by atoms with Crippen LogP contribution in [0, 0.1) is 11.7 Å². The van der Waals surface area contributed by atoms with Crippen LogP contribution in [0.1, 0.15) is 23.2 Å². The molecule has 3 heterocycles. The van der Waals surface area contributed by atoms with Crippen LogP contribution in [0.5, 0.6) is 0 Å². The second kappa shape index (κ2) is 8.61. The van der Waals surface area contributed by atoms with Crippen molar-refractivity contribution in [2.24, 2.45) is 5.92 Å². The van der Waals surface area contributed by atoms with Gasteiger partial charge in [-0.2, -0.15) is 4.98 Å². The molecule has 166 valence electrons. The largest absolute Gasteiger partial charge is 0.423 e. The molecule has 2 aliphatic rings. The van der Waals surface area contributed by atoms with Gasteiger partial charge in [0.15, 0.2) is 5.58 Å². The lowest BCUT2D eigenvalue weighted by atomic mass is 9.95. The van der Waals surface area contributed by atoms with Crippen LogP contribution in [0.2, 0.25) is 0 Å². The number of amides is 2. The predicted octanol–water partition coefficient (Wildman–Crippen LogP) is 3.17. The number of hydrogen-bond acceptors (Lipinski definition) is 5. The molecular formula is C24H25FN4O3. The minimum absolute atomic E-state index is 0.0375. The van der Waals surface area contributed by atoms with E-state index in [9.17, 15) is 14.0 Å². The second-order valence-electron chi connectivity index (χ2n) is 8.32. The molecule has 0 bridgehead atoms. The van der Waals surface area contributed by atoms with Crippen molar-refractivity contribution in [2.75, 3.05) is 44.2 Å². The summed E-state index contributed by atoms with van der Waals surface area (Å²) in [6, 6.07) is 14.3. The zero-order valence-corrected chi connectivity index (χ0v) is 17.7. The first kappa shape index (κ1) is 20.5. The highest BCUT2D eigenvalue weighted by Crippen LogP contribution is 2.27. The van der Waals surface area contributed by atoms with Crippen molar-refractivity contribution in [3.05, 3.63) is 59.9 Å². The highest BCUT2D eigenvalue weighted by molar-refractivity contribution is 5.94. The van der Waals surface area contributed by atoms with Crippen molar-refractivity contribution in [3.63, 3.8) is 0 Å². The van der Waals surface area contributed by atoms with E-state index in [2.05, 4.69) is 9.88 Å². The highest BCUT2D eigenvalue weighted by atomic mass is 19.1. The molecule has 2 saturated heterocycles. The summed E-state index contributed by atoms with van der Waals surface area (Å²) in [6.07, 6.45) is 1.48. The summed E-state index contributed by atoms with van der Waals surface area (Å²) in [5.74, 6) is -0.729. The van der Waals surface area contributed by atoms with Gasteiger partial charge >= 0.3 is 0 Å². The zero-order valence-electron chi connectivity index (χ0n) is 17.7. The van der Waals surface area contributed by atoms with E-state index in [-0.39, 0.29) is 23.3 Å². The zero-order chi connectivity index (χ0) is 22.1. The predicted molar refractivity (Wildman–Crippen MR) is 118 cm³/mol. The average Bonchev–Trinajstić information content (AvgIpc) is 3.28. The molecule has 2 aromatic carbocycles.